The van der Waals surface area contributed by atoms with Crippen LogP contribution in [0.1, 0.15) is 18.8 Å². The van der Waals surface area contributed by atoms with E-state index in [0.717, 1.165) is 0 Å². The van der Waals surface area contributed by atoms with Crippen molar-refractivity contribution in [2.75, 3.05) is 6.61 Å². The van der Waals surface area contributed by atoms with E-state index >= 15 is 0 Å². The normalized spacial score (nSPS) is 9.13. The van der Waals surface area contributed by atoms with Crippen molar-refractivity contribution in [3.8, 4) is 0 Å². The summed E-state index contributed by atoms with van der Waals surface area (Å²) in [6.07, 6.45) is 0.402. The van der Waals surface area contributed by atoms with Crippen LogP contribution in [-0.2, 0) is 6.42 Å². The predicted octanol–water partition coefficient (Wildman–Crippen LogP) is 1.32. The number of carboxylic acids is 1. The van der Waals surface area contributed by atoms with Crippen LogP contribution in [0.15, 0.2) is 36.4 Å². The smallest absolute Gasteiger partial charge is 1.00 e. The molecule has 1 aromatic carbocycles. The molecule has 0 radical (unpaired) electrons. The number of hydrogen-bond acceptors (Lipinski definition) is 2. The van der Waals surface area contributed by atoms with Crippen LogP contribution >= 0.6 is 0 Å². The van der Waals surface area contributed by atoms with Gasteiger partial charge in [-0.25, -0.2) is 4.79 Å². The van der Waals surface area contributed by atoms with E-state index in [1.54, 1.807) is 24.3 Å². The number of aliphatic hydroxyl groups excluding tert-OH is 1. The van der Waals surface area contributed by atoms with Crippen molar-refractivity contribution >= 4 is 43.7 Å². The summed E-state index contributed by atoms with van der Waals surface area (Å²) in [7, 11) is 0. The van der Waals surface area contributed by atoms with Crippen LogP contribution in [0.5, 0.6) is 0 Å². The van der Waals surface area contributed by atoms with Gasteiger partial charge in [0.2, 0.25) is 0 Å². The quantitative estimate of drug-likeness (QED) is 0.610. The Bertz CT molecular complexity index is 369. The summed E-state index contributed by atoms with van der Waals surface area (Å²) < 4.78 is 0. The molecule has 78 valence electrons. The number of rotatable bonds is 4. The molecule has 0 aliphatic rings. The van der Waals surface area contributed by atoms with Gasteiger partial charge in [0.15, 0.2) is 0 Å². The van der Waals surface area contributed by atoms with Gasteiger partial charge in [0, 0.05) is 0 Å². The number of carboxylic acid groups (broad SMARTS) is 1. The van der Waals surface area contributed by atoms with Gasteiger partial charge in [-0.1, -0.05) is 24.8 Å². The zero-order valence-corrected chi connectivity index (χ0v) is 10.6. The third-order valence-corrected chi connectivity index (χ3v) is 1.91. The van der Waals surface area contributed by atoms with Crippen molar-refractivity contribution in [1.29, 1.82) is 0 Å². The van der Waals surface area contributed by atoms with Crippen LogP contribution in [-0.4, -0.2) is 60.5 Å². The Hall–Kier alpha value is -0.350. The molecule has 1 rings (SSSR count). The minimum atomic E-state index is -0.952. The van der Waals surface area contributed by atoms with E-state index in [1.165, 1.54) is 0 Å². The first-order valence-corrected chi connectivity index (χ1v) is 4.24. The molecule has 0 saturated carbocycles. The molecule has 0 fully saturated rings. The molecule has 0 atom stereocenters. The zero-order chi connectivity index (χ0) is 10.6. The van der Waals surface area contributed by atoms with Gasteiger partial charge in [0.1, 0.15) is 0 Å². The first-order chi connectivity index (χ1) is 6.65. The summed E-state index contributed by atoms with van der Waals surface area (Å²) in [5, 5.41) is 17.6. The molecule has 2 N–H and O–H groups in total. The third kappa shape index (κ3) is 4.34. The molecular formula is C11H14CaO3. The van der Waals surface area contributed by atoms with E-state index in [-0.39, 0.29) is 52.8 Å². The van der Waals surface area contributed by atoms with Crippen LogP contribution in [0, 0.1) is 0 Å². The first-order valence-electron chi connectivity index (χ1n) is 4.24. The second-order valence-corrected chi connectivity index (χ2v) is 3.05. The SMILES string of the molecule is C=C(CO)Cc1ccccc1C(=O)O.[Ca+2].[H-].[H-]. The second kappa shape index (κ2) is 7.01. The van der Waals surface area contributed by atoms with E-state index in [1.807, 2.05) is 0 Å². The van der Waals surface area contributed by atoms with Gasteiger partial charge in [-0.3, -0.25) is 0 Å². The first kappa shape index (κ1) is 14.6. The summed E-state index contributed by atoms with van der Waals surface area (Å²) in [5.41, 5.74) is 1.56. The molecule has 0 aliphatic carbocycles. The molecule has 15 heavy (non-hydrogen) atoms. The Morgan fingerprint density at radius 1 is 1.40 bits per heavy atom. The standard InChI is InChI=1S/C11H12O3.Ca.2H/c1-8(7-12)6-9-4-2-3-5-10(9)11(13)14;;;/h2-5,12H,1,6-7H2,(H,13,14);;;/q;+2;2*-1. The molecule has 4 heteroatoms. The minimum Gasteiger partial charge on any atom is -1.00 e. The number of hydrogen-bond donors (Lipinski definition) is 2. The van der Waals surface area contributed by atoms with Gasteiger partial charge in [0.05, 0.1) is 12.2 Å². The molecule has 0 amide bonds. The molecule has 0 spiro atoms. The van der Waals surface area contributed by atoms with Crippen molar-refractivity contribution in [3.63, 3.8) is 0 Å². The summed E-state index contributed by atoms with van der Waals surface area (Å²) in [6, 6.07) is 6.72. The van der Waals surface area contributed by atoms with Gasteiger partial charge in [-0.2, -0.15) is 0 Å². The Kier molecular flexibility index (Phi) is 6.85. The molecule has 0 heterocycles. The van der Waals surface area contributed by atoms with Crippen LogP contribution < -0.4 is 0 Å². The minimum absolute atomic E-state index is 0. The Morgan fingerprint density at radius 3 is 2.53 bits per heavy atom. The van der Waals surface area contributed by atoms with Gasteiger partial charge < -0.3 is 13.1 Å². The summed E-state index contributed by atoms with van der Waals surface area (Å²) >= 11 is 0. The molecule has 0 saturated heterocycles. The van der Waals surface area contributed by atoms with E-state index in [9.17, 15) is 4.79 Å². The van der Waals surface area contributed by atoms with Crippen LogP contribution in [0.25, 0.3) is 0 Å². The topological polar surface area (TPSA) is 57.5 Å². The van der Waals surface area contributed by atoms with Gasteiger partial charge in [-0.15, -0.1) is 0 Å². The fourth-order valence-corrected chi connectivity index (χ4v) is 1.21. The number of benzene rings is 1. The van der Waals surface area contributed by atoms with Gasteiger partial charge in [-0.05, 0) is 23.6 Å². The molecule has 0 aromatic heterocycles. The zero-order valence-electron chi connectivity index (χ0n) is 10.4. The van der Waals surface area contributed by atoms with Crippen molar-refractivity contribution in [3.05, 3.63) is 47.5 Å². The van der Waals surface area contributed by atoms with Crippen molar-refractivity contribution < 1.29 is 17.9 Å². The van der Waals surface area contributed by atoms with Crippen LogP contribution in [0.3, 0.4) is 0 Å². The average Bonchev–Trinajstić information content (AvgIpc) is 2.18. The molecule has 0 unspecified atom stereocenters. The van der Waals surface area contributed by atoms with E-state index in [4.69, 9.17) is 10.2 Å². The maximum Gasteiger partial charge on any atom is 2.00 e. The molecule has 0 bridgehead atoms. The van der Waals surface area contributed by atoms with E-state index in [2.05, 4.69) is 6.58 Å². The Labute approximate surface area is 121 Å². The van der Waals surface area contributed by atoms with Crippen LogP contribution in [0.2, 0.25) is 0 Å². The summed E-state index contributed by atoms with van der Waals surface area (Å²) in [6.45, 7) is 3.51. The Balaban J connectivity index is -0.000000653. The maximum atomic E-state index is 10.8. The van der Waals surface area contributed by atoms with E-state index in [0.29, 0.717) is 17.6 Å². The molecular weight excluding hydrogens is 220 g/mol. The molecule has 0 aliphatic heterocycles. The third-order valence-electron chi connectivity index (χ3n) is 1.91. The monoisotopic (exact) mass is 234 g/mol. The number of aliphatic hydroxyl groups is 1. The van der Waals surface area contributed by atoms with E-state index < -0.39 is 5.97 Å². The average molecular weight is 234 g/mol. The number of carbonyl (C=O) groups is 1. The fraction of sp³-hybridized carbons (Fsp3) is 0.182. The fourth-order valence-electron chi connectivity index (χ4n) is 1.21. The Morgan fingerprint density at radius 2 is 2.00 bits per heavy atom. The van der Waals surface area contributed by atoms with Crippen LogP contribution in [0.4, 0.5) is 0 Å². The number of aromatic carboxylic acids is 1. The molecule has 3 nitrogen and oxygen atoms in total. The second-order valence-electron chi connectivity index (χ2n) is 3.05. The van der Waals surface area contributed by atoms with Crippen molar-refractivity contribution in [2.24, 2.45) is 0 Å². The van der Waals surface area contributed by atoms with Crippen molar-refractivity contribution in [1.82, 2.24) is 0 Å². The van der Waals surface area contributed by atoms with Gasteiger partial charge in [0.25, 0.3) is 0 Å². The molecule has 1 aromatic rings. The van der Waals surface area contributed by atoms with Gasteiger partial charge >= 0.3 is 43.7 Å². The summed E-state index contributed by atoms with van der Waals surface area (Å²) in [5.74, 6) is -0.952. The summed E-state index contributed by atoms with van der Waals surface area (Å²) in [4.78, 5) is 10.8. The predicted molar refractivity (Wildman–Crippen MR) is 61.3 cm³/mol. The largest absolute Gasteiger partial charge is 2.00 e. The van der Waals surface area contributed by atoms with Crippen molar-refractivity contribution in [2.45, 2.75) is 6.42 Å². The maximum absolute atomic E-state index is 10.8.